The van der Waals surface area contributed by atoms with Gasteiger partial charge in [0.05, 0.1) is 10.0 Å². The molecule has 0 atom stereocenters. The van der Waals surface area contributed by atoms with Gasteiger partial charge in [0.25, 0.3) is 0 Å². The minimum Gasteiger partial charge on any atom is -0.348 e. The molecule has 1 aromatic heterocycles. The zero-order chi connectivity index (χ0) is 14.4. The van der Waals surface area contributed by atoms with E-state index >= 15 is 0 Å². The third-order valence-electron chi connectivity index (χ3n) is 2.59. The molecule has 0 fully saturated rings. The zero-order valence-electron chi connectivity index (χ0n) is 10.5. The van der Waals surface area contributed by atoms with Crippen LogP contribution in [0.15, 0.2) is 48.8 Å². The Morgan fingerprint density at radius 1 is 1.15 bits per heavy atom. The molecule has 0 spiro atoms. The molecule has 20 heavy (non-hydrogen) atoms. The van der Waals surface area contributed by atoms with E-state index in [0.29, 0.717) is 16.6 Å². The van der Waals surface area contributed by atoms with Crippen LogP contribution < -0.4 is 5.32 Å². The fourth-order valence-corrected chi connectivity index (χ4v) is 1.84. The highest BCUT2D eigenvalue weighted by atomic mass is 35.5. The molecule has 0 saturated heterocycles. The summed E-state index contributed by atoms with van der Waals surface area (Å²) in [6, 6.07) is 8.89. The van der Waals surface area contributed by atoms with Crippen molar-refractivity contribution >= 4 is 35.2 Å². The molecule has 2 aromatic rings. The fraction of sp³-hybridized carbons (Fsp3) is 0.0667. The summed E-state index contributed by atoms with van der Waals surface area (Å²) in [4.78, 5) is 15.6. The Hall–Kier alpha value is -1.84. The lowest BCUT2D eigenvalue weighted by molar-refractivity contribution is -0.116. The van der Waals surface area contributed by atoms with E-state index in [4.69, 9.17) is 23.2 Å². The first kappa shape index (κ1) is 14.6. The molecule has 1 N–H and O–H groups in total. The van der Waals surface area contributed by atoms with E-state index in [9.17, 15) is 4.79 Å². The Morgan fingerprint density at radius 2 is 1.90 bits per heavy atom. The molecule has 0 aliphatic carbocycles. The molecule has 1 aromatic carbocycles. The third-order valence-corrected chi connectivity index (χ3v) is 3.33. The summed E-state index contributed by atoms with van der Waals surface area (Å²) in [5, 5.41) is 3.74. The maximum absolute atomic E-state index is 11.7. The molecular formula is C15H12Cl2N2O. The minimum absolute atomic E-state index is 0.173. The monoisotopic (exact) mass is 306 g/mol. The van der Waals surface area contributed by atoms with E-state index in [-0.39, 0.29) is 5.91 Å². The Bertz CT molecular complexity index is 627. The topological polar surface area (TPSA) is 42.0 Å². The maximum Gasteiger partial charge on any atom is 0.244 e. The summed E-state index contributed by atoms with van der Waals surface area (Å²) in [5.74, 6) is -0.173. The molecular weight excluding hydrogens is 295 g/mol. The van der Waals surface area contributed by atoms with E-state index in [1.54, 1.807) is 36.7 Å². The van der Waals surface area contributed by atoms with Crippen LogP contribution in [-0.4, -0.2) is 10.9 Å². The number of carbonyl (C=O) groups is 1. The van der Waals surface area contributed by atoms with Crippen LogP contribution in [0, 0.1) is 0 Å². The summed E-state index contributed by atoms with van der Waals surface area (Å²) in [6.45, 7) is 0.465. The smallest absolute Gasteiger partial charge is 0.244 e. The summed E-state index contributed by atoms with van der Waals surface area (Å²) in [6.07, 6.45) is 6.52. The number of halogens is 2. The van der Waals surface area contributed by atoms with Crippen LogP contribution >= 0.6 is 23.2 Å². The summed E-state index contributed by atoms with van der Waals surface area (Å²) in [5.41, 5.74) is 1.81. The van der Waals surface area contributed by atoms with Crippen LogP contribution in [0.1, 0.15) is 11.1 Å². The third kappa shape index (κ3) is 4.37. The summed E-state index contributed by atoms with van der Waals surface area (Å²) < 4.78 is 0. The molecule has 0 aliphatic heterocycles. The molecule has 2 rings (SSSR count). The minimum atomic E-state index is -0.173. The first-order valence-corrected chi connectivity index (χ1v) is 6.70. The van der Waals surface area contributed by atoms with Crippen LogP contribution in [0.2, 0.25) is 10.0 Å². The van der Waals surface area contributed by atoms with Gasteiger partial charge in [0.1, 0.15) is 0 Å². The predicted molar refractivity (Wildman–Crippen MR) is 81.6 cm³/mol. The fourth-order valence-electron chi connectivity index (χ4n) is 1.54. The van der Waals surface area contributed by atoms with Crippen molar-refractivity contribution in [2.75, 3.05) is 0 Å². The van der Waals surface area contributed by atoms with E-state index < -0.39 is 0 Å². The van der Waals surface area contributed by atoms with Crippen LogP contribution in [-0.2, 0) is 11.3 Å². The van der Waals surface area contributed by atoms with Crippen molar-refractivity contribution in [3.05, 3.63) is 70.0 Å². The molecule has 1 heterocycles. The van der Waals surface area contributed by atoms with Gasteiger partial charge in [-0.05, 0) is 41.5 Å². The molecule has 3 nitrogen and oxygen atoms in total. The summed E-state index contributed by atoms with van der Waals surface area (Å²) in [7, 11) is 0. The van der Waals surface area contributed by atoms with E-state index in [1.165, 1.54) is 6.08 Å². The number of aromatic nitrogens is 1. The van der Waals surface area contributed by atoms with Crippen molar-refractivity contribution in [3.8, 4) is 0 Å². The number of carbonyl (C=O) groups excluding carboxylic acids is 1. The highest BCUT2D eigenvalue weighted by Crippen LogP contribution is 2.23. The highest BCUT2D eigenvalue weighted by molar-refractivity contribution is 6.42. The number of hydrogen-bond acceptors (Lipinski definition) is 2. The second-order valence-corrected chi connectivity index (χ2v) is 4.89. The number of benzene rings is 1. The van der Waals surface area contributed by atoms with Crippen LogP contribution in [0.5, 0.6) is 0 Å². The largest absolute Gasteiger partial charge is 0.348 e. The quantitative estimate of drug-likeness (QED) is 0.875. The lowest BCUT2D eigenvalue weighted by Crippen LogP contribution is -2.20. The number of pyridine rings is 1. The SMILES string of the molecule is O=C(/C=C/c1ccc(Cl)c(Cl)c1)NCc1ccncc1. The van der Waals surface area contributed by atoms with Gasteiger partial charge in [-0.2, -0.15) is 0 Å². The Labute approximate surface area is 127 Å². The molecule has 5 heteroatoms. The van der Waals surface area contributed by atoms with Crippen LogP contribution in [0.3, 0.4) is 0 Å². The Morgan fingerprint density at radius 3 is 2.60 bits per heavy atom. The van der Waals surface area contributed by atoms with Gasteiger partial charge in [-0.3, -0.25) is 9.78 Å². The standard InChI is InChI=1S/C15H12Cl2N2O/c16-13-3-1-11(9-14(13)17)2-4-15(20)19-10-12-5-7-18-8-6-12/h1-9H,10H2,(H,19,20)/b4-2+. The first-order chi connectivity index (χ1) is 9.65. The first-order valence-electron chi connectivity index (χ1n) is 5.95. The number of amides is 1. The van der Waals surface area contributed by atoms with Crippen molar-refractivity contribution in [2.45, 2.75) is 6.54 Å². The maximum atomic E-state index is 11.7. The second kappa shape index (κ2) is 7.08. The van der Waals surface area contributed by atoms with Gasteiger partial charge in [0.2, 0.25) is 5.91 Å². The molecule has 0 aliphatic rings. The highest BCUT2D eigenvalue weighted by Gasteiger charge is 1.99. The zero-order valence-corrected chi connectivity index (χ0v) is 12.0. The second-order valence-electron chi connectivity index (χ2n) is 4.08. The number of nitrogens with one attached hydrogen (secondary N) is 1. The molecule has 1 amide bonds. The van der Waals surface area contributed by atoms with Gasteiger partial charge in [0, 0.05) is 25.0 Å². The van der Waals surface area contributed by atoms with Crippen molar-refractivity contribution in [1.82, 2.24) is 10.3 Å². The number of rotatable bonds is 4. The Balaban J connectivity index is 1.90. The lowest BCUT2D eigenvalue weighted by Gasteiger charge is -2.02. The Kier molecular flexibility index (Phi) is 5.16. The van der Waals surface area contributed by atoms with Gasteiger partial charge in [0.15, 0.2) is 0 Å². The van der Waals surface area contributed by atoms with Gasteiger partial charge in [-0.25, -0.2) is 0 Å². The number of hydrogen-bond donors (Lipinski definition) is 1. The predicted octanol–water partition coefficient (Wildman–Crippen LogP) is 3.72. The average molecular weight is 307 g/mol. The molecule has 0 bridgehead atoms. The molecule has 0 unspecified atom stereocenters. The van der Waals surface area contributed by atoms with Crippen LogP contribution in [0.25, 0.3) is 6.08 Å². The van der Waals surface area contributed by atoms with Gasteiger partial charge < -0.3 is 5.32 Å². The van der Waals surface area contributed by atoms with E-state index in [0.717, 1.165) is 11.1 Å². The van der Waals surface area contributed by atoms with Gasteiger partial charge >= 0.3 is 0 Å². The molecule has 0 radical (unpaired) electrons. The van der Waals surface area contributed by atoms with E-state index in [2.05, 4.69) is 10.3 Å². The molecule has 102 valence electrons. The van der Waals surface area contributed by atoms with Crippen molar-refractivity contribution in [2.24, 2.45) is 0 Å². The number of nitrogens with zero attached hydrogens (tertiary/aromatic N) is 1. The van der Waals surface area contributed by atoms with Crippen molar-refractivity contribution in [1.29, 1.82) is 0 Å². The van der Waals surface area contributed by atoms with Crippen LogP contribution in [0.4, 0.5) is 0 Å². The van der Waals surface area contributed by atoms with Gasteiger partial charge in [-0.1, -0.05) is 29.3 Å². The summed E-state index contributed by atoms with van der Waals surface area (Å²) >= 11 is 11.7. The van der Waals surface area contributed by atoms with E-state index in [1.807, 2.05) is 12.1 Å². The van der Waals surface area contributed by atoms with Gasteiger partial charge in [-0.15, -0.1) is 0 Å². The van der Waals surface area contributed by atoms with Crippen molar-refractivity contribution in [3.63, 3.8) is 0 Å². The average Bonchev–Trinajstić information content (AvgIpc) is 2.47. The normalized spacial score (nSPS) is 10.7. The van der Waals surface area contributed by atoms with Crippen molar-refractivity contribution < 1.29 is 4.79 Å². The lowest BCUT2D eigenvalue weighted by atomic mass is 10.2. The molecule has 0 saturated carbocycles.